The van der Waals surface area contributed by atoms with Crippen LogP contribution in [0.5, 0.6) is 5.75 Å². The molecule has 2 rings (SSSR count). The number of guanidine groups is 1. The summed E-state index contributed by atoms with van der Waals surface area (Å²) in [5.74, 6) is -0.239. The van der Waals surface area contributed by atoms with E-state index in [1.807, 2.05) is 0 Å². The second-order valence-electron chi connectivity index (χ2n) is 4.83. The Balaban J connectivity index is 2.13. The number of benzene rings is 2. The quantitative estimate of drug-likeness (QED) is 0.289. The fourth-order valence-corrected chi connectivity index (χ4v) is 1.89. The lowest BCUT2D eigenvalue weighted by Crippen LogP contribution is -2.21. The topological polar surface area (TPSA) is 120 Å². The van der Waals surface area contributed by atoms with Crippen LogP contribution in [0, 0.1) is 4.91 Å². The molecule has 0 amide bonds. The van der Waals surface area contributed by atoms with Crippen molar-refractivity contribution in [2.24, 2.45) is 21.6 Å². The zero-order chi connectivity index (χ0) is 16.8. The second kappa shape index (κ2) is 7.17. The molecule has 0 aromatic heterocycles. The van der Waals surface area contributed by atoms with Crippen LogP contribution >= 0.6 is 0 Å². The average molecular weight is 312 g/mol. The van der Waals surface area contributed by atoms with Crippen molar-refractivity contribution in [2.75, 3.05) is 0 Å². The number of hydrogen-bond acceptors (Lipinski definition) is 5. The Morgan fingerprint density at radius 3 is 2.43 bits per heavy atom. The molecule has 4 N–H and O–H groups in total. The molecule has 2 aromatic rings. The molecular formula is C16H16N4O3. The summed E-state index contributed by atoms with van der Waals surface area (Å²) in [6.45, 7) is 1.66. The highest BCUT2D eigenvalue weighted by molar-refractivity contribution is 5.91. The Morgan fingerprint density at radius 1 is 1.13 bits per heavy atom. The number of carbonyl (C=O) groups is 1. The Bertz CT molecular complexity index is 737. The van der Waals surface area contributed by atoms with Gasteiger partial charge >= 0.3 is 5.97 Å². The first-order valence-corrected chi connectivity index (χ1v) is 6.84. The van der Waals surface area contributed by atoms with Gasteiger partial charge in [0.2, 0.25) is 0 Å². The van der Waals surface area contributed by atoms with Gasteiger partial charge in [0.05, 0.1) is 11.3 Å². The van der Waals surface area contributed by atoms with Crippen molar-refractivity contribution >= 4 is 17.6 Å². The number of hydrogen-bond donors (Lipinski definition) is 2. The maximum Gasteiger partial charge on any atom is 0.343 e. The predicted octanol–water partition coefficient (Wildman–Crippen LogP) is 2.64. The molecule has 0 heterocycles. The molecular weight excluding hydrogens is 296 g/mol. The Kier molecular flexibility index (Phi) is 5.03. The number of carbonyl (C=O) groups excluding carboxylic acids is 1. The van der Waals surface area contributed by atoms with Crippen molar-refractivity contribution in [2.45, 2.75) is 13.0 Å². The summed E-state index contributed by atoms with van der Waals surface area (Å²) in [5.41, 5.74) is 12.1. The third-order valence-corrected chi connectivity index (χ3v) is 3.07. The SMILES string of the molecule is CC(N=O)c1cccc(OC(=O)c2ccc(N=C(N)N)cc2)c1. The van der Waals surface area contributed by atoms with Gasteiger partial charge in [-0.2, -0.15) is 4.91 Å². The maximum absolute atomic E-state index is 12.1. The summed E-state index contributed by atoms with van der Waals surface area (Å²) < 4.78 is 5.29. The molecule has 0 aliphatic heterocycles. The molecule has 1 atom stereocenters. The van der Waals surface area contributed by atoms with E-state index in [0.717, 1.165) is 0 Å². The molecule has 23 heavy (non-hydrogen) atoms. The van der Waals surface area contributed by atoms with E-state index in [1.165, 1.54) is 0 Å². The van der Waals surface area contributed by atoms with E-state index in [4.69, 9.17) is 16.2 Å². The smallest absolute Gasteiger partial charge is 0.343 e. The van der Waals surface area contributed by atoms with Crippen LogP contribution in [0.15, 0.2) is 58.7 Å². The normalized spacial score (nSPS) is 11.3. The summed E-state index contributed by atoms with van der Waals surface area (Å²) in [4.78, 5) is 26.6. The lowest BCUT2D eigenvalue weighted by molar-refractivity contribution is 0.0734. The molecule has 0 radical (unpaired) electrons. The Hall–Kier alpha value is -3.22. The number of ether oxygens (including phenoxy) is 1. The van der Waals surface area contributed by atoms with E-state index < -0.39 is 12.0 Å². The van der Waals surface area contributed by atoms with Crippen molar-refractivity contribution in [1.29, 1.82) is 0 Å². The number of esters is 1. The van der Waals surface area contributed by atoms with Gasteiger partial charge in [-0.15, -0.1) is 0 Å². The van der Waals surface area contributed by atoms with Gasteiger partial charge in [0, 0.05) is 0 Å². The van der Waals surface area contributed by atoms with Crippen molar-refractivity contribution < 1.29 is 9.53 Å². The van der Waals surface area contributed by atoms with E-state index in [9.17, 15) is 9.70 Å². The fraction of sp³-hybridized carbons (Fsp3) is 0.125. The zero-order valence-electron chi connectivity index (χ0n) is 12.5. The van der Waals surface area contributed by atoms with E-state index >= 15 is 0 Å². The molecule has 0 bridgehead atoms. The van der Waals surface area contributed by atoms with Crippen LogP contribution in [0.2, 0.25) is 0 Å². The minimum atomic E-state index is -0.523. The lowest BCUT2D eigenvalue weighted by Gasteiger charge is -2.08. The lowest BCUT2D eigenvalue weighted by atomic mass is 10.1. The van der Waals surface area contributed by atoms with Crippen LogP contribution in [0.1, 0.15) is 28.9 Å². The minimum Gasteiger partial charge on any atom is -0.423 e. The van der Waals surface area contributed by atoms with Crippen LogP contribution in [0.3, 0.4) is 0 Å². The Labute approximate surface area is 132 Å². The first-order chi connectivity index (χ1) is 11.0. The van der Waals surface area contributed by atoms with Crippen LogP contribution < -0.4 is 16.2 Å². The summed E-state index contributed by atoms with van der Waals surface area (Å²) in [7, 11) is 0. The predicted molar refractivity (Wildman–Crippen MR) is 87.5 cm³/mol. The highest BCUT2D eigenvalue weighted by Gasteiger charge is 2.11. The van der Waals surface area contributed by atoms with Crippen molar-refractivity contribution in [3.8, 4) is 5.75 Å². The van der Waals surface area contributed by atoms with Crippen LogP contribution in [0.4, 0.5) is 5.69 Å². The van der Waals surface area contributed by atoms with Gasteiger partial charge in [0.1, 0.15) is 11.8 Å². The van der Waals surface area contributed by atoms with Gasteiger partial charge in [-0.3, -0.25) is 0 Å². The number of aliphatic imine (C=N–C) groups is 1. The highest BCUT2D eigenvalue weighted by Crippen LogP contribution is 2.22. The first kappa shape index (κ1) is 16.2. The number of rotatable bonds is 5. The summed E-state index contributed by atoms with van der Waals surface area (Å²) >= 11 is 0. The van der Waals surface area contributed by atoms with Crippen molar-refractivity contribution in [3.05, 3.63) is 64.6 Å². The molecule has 0 saturated heterocycles. The van der Waals surface area contributed by atoms with Gasteiger partial charge in [-0.1, -0.05) is 17.3 Å². The molecule has 1 unspecified atom stereocenters. The van der Waals surface area contributed by atoms with E-state index in [-0.39, 0.29) is 5.96 Å². The van der Waals surface area contributed by atoms with Gasteiger partial charge in [0.15, 0.2) is 5.96 Å². The number of nitroso groups, excluding NO2 is 1. The highest BCUT2D eigenvalue weighted by atomic mass is 16.5. The minimum absolute atomic E-state index is 0.0601. The molecule has 0 spiro atoms. The average Bonchev–Trinajstić information content (AvgIpc) is 2.54. The summed E-state index contributed by atoms with van der Waals surface area (Å²) in [6.07, 6.45) is 0. The van der Waals surface area contributed by atoms with Crippen LogP contribution in [-0.2, 0) is 0 Å². The molecule has 0 aliphatic carbocycles. The summed E-state index contributed by atoms with van der Waals surface area (Å²) in [5, 5.41) is 2.95. The molecule has 0 saturated carbocycles. The fourth-order valence-electron chi connectivity index (χ4n) is 1.89. The van der Waals surface area contributed by atoms with Crippen LogP contribution in [0.25, 0.3) is 0 Å². The van der Waals surface area contributed by atoms with E-state index in [2.05, 4.69) is 10.2 Å². The monoisotopic (exact) mass is 312 g/mol. The summed E-state index contributed by atoms with van der Waals surface area (Å²) in [6, 6.07) is 12.5. The first-order valence-electron chi connectivity index (χ1n) is 6.84. The van der Waals surface area contributed by atoms with E-state index in [1.54, 1.807) is 55.5 Å². The molecule has 2 aromatic carbocycles. The Morgan fingerprint density at radius 2 is 1.83 bits per heavy atom. The zero-order valence-corrected chi connectivity index (χ0v) is 12.5. The second-order valence-corrected chi connectivity index (χ2v) is 4.83. The molecule has 0 fully saturated rings. The maximum atomic E-state index is 12.1. The van der Waals surface area contributed by atoms with Crippen molar-refractivity contribution in [1.82, 2.24) is 0 Å². The third kappa shape index (κ3) is 4.37. The number of nitrogens with zero attached hydrogens (tertiary/aromatic N) is 2. The molecule has 7 heteroatoms. The molecule has 118 valence electrons. The van der Waals surface area contributed by atoms with Crippen LogP contribution in [-0.4, -0.2) is 11.9 Å². The van der Waals surface area contributed by atoms with Gasteiger partial charge in [-0.05, 0) is 48.9 Å². The molecule has 7 nitrogen and oxygen atoms in total. The van der Waals surface area contributed by atoms with E-state index in [0.29, 0.717) is 22.6 Å². The third-order valence-electron chi connectivity index (χ3n) is 3.07. The number of nitrogens with two attached hydrogens (primary N) is 2. The van der Waals surface area contributed by atoms with Gasteiger partial charge in [-0.25, -0.2) is 9.79 Å². The van der Waals surface area contributed by atoms with Gasteiger partial charge in [0.25, 0.3) is 0 Å². The standard InChI is InChI=1S/C16H16N4O3/c1-10(20-22)12-3-2-4-14(9-12)23-15(21)11-5-7-13(8-6-11)19-16(17)18/h2-10H,1H3,(H4,17,18,19). The molecule has 0 aliphatic rings. The largest absolute Gasteiger partial charge is 0.423 e. The van der Waals surface area contributed by atoms with Crippen molar-refractivity contribution in [3.63, 3.8) is 0 Å². The van der Waals surface area contributed by atoms with Gasteiger partial charge < -0.3 is 16.2 Å².